The van der Waals surface area contributed by atoms with Crippen LogP contribution in [0, 0.1) is 0 Å². The molecule has 0 bridgehead atoms. The first kappa shape index (κ1) is 22.9. The molecule has 0 aliphatic rings. The van der Waals surface area contributed by atoms with Crippen LogP contribution in [-0.4, -0.2) is 27.9 Å². The van der Waals surface area contributed by atoms with Gasteiger partial charge in [0.05, 0.1) is 16.6 Å². The monoisotopic (exact) mass is 511 g/mol. The van der Waals surface area contributed by atoms with Crippen molar-refractivity contribution in [3.63, 3.8) is 0 Å². The lowest BCUT2D eigenvalue weighted by Gasteiger charge is -2.18. The highest BCUT2D eigenvalue weighted by Crippen LogP contribution is 2.32. The SMILES string of the molecule is CCCCOC(C)(C)C.O=C(O)Cn1c2cc(Br)ccc2c2ccc(Br)cc21. The average molecular weight is 513 g/mol. The predicted molar refractivity (Wildman–Crippen MR) is 123 cm³/mol. The van der Waals surface area contributed by atoms with Gasteiger partial charge in [-0.3, -0.25) is 4.79 Å². The molecule has 0 fully saturated rings. The smallest absolute Gasteiger partial charge is 0.323 e. The molecule has 1 aromatic heterocycles. The Kier molecular flexibility index (Phi) is 8.10. The first-order valence-electron chi connectivity index (χ1n) is 9.35. The molecule has 0 radical (unpaired) electrons. The van der Waals surface area contributed by atoms with E-state index in [9.17, 15) is 4.79 Å². The van der Waals surface area contributed by atoms with Crippen molar-refractivity contribution in [1.29, 1.82) is 0 Å². The Morgan fingerprint density at radius 3 is 1.93 bits per heavy atom. The number of aliphatic carboxylic acids is 1. The van der Waals surface area contributed by atoms with Crippen LogP contribution in [0.1, 0.15) is 40.5 Å². The van der Waals surface area contributed by atoms with Gasteiger partial charge in [-0.25, -0.2) is 0 Å². The summed E-state index contributed by atoms with van der Waals surface area (Å²) in [5, 5.41) is 11.2. The number of ether oxygens (including phenoxy) is 1. The van der Waals surface area contributed by atoms with E-state index in [1.54, 1.807) is 0 Å². The number of rotatable bonds is 5. The van der Waals surface area contributed by atoms with E-state index in [0.29, 0.717) is 0 Å². The molecule has 0 aliphatic heterocycles. The maximum Gasteiger partial charge on any atom is 0.323 e. The van der Waals surface area contributed by atoms with Crippen molar-refractivity contribution in [2.24, 2.45) is 0 Å². The van der Waals surface area contributed by atoms with Crippen molar-refractivity contribution in [2.75, 3.05) is 6.61 Å². The Bertz CT molecular complexity index is 898. The summed E-state index contributed by atoms with van der Waals surface area (Å²) in [6.07, 6.45) is 2.40. The van der Waals surface area contributed by atoms with E-state index in [2.05, 4.69) is 59.6 Å². The fraction of sp³-hybridized carbons (Fsp3) is 0.409. The Morgan fingerprint density at radius 1 is 1.04 bits per heavy atom. The van der Waals surface area contributed by atoms with Crippen molar-refractivity contribution >= 4 is 59.6 Å². The minimum absolute atomic E-state index is 0.0487. The van der Waals surface area contributed by atoms with Crippen LogP contribution in [0.3, 0.4) is 0 Å². The van der Waals surface area contributed by atoms with Gasteiger partial charge in [0.1, 0.15) is 6.54 Å². The van der Waals surface area contributed by atoms with Crippen molar-refractivity contribution in [1.82, 2.24) is 4.57 Å². The molecule has 3 aromatic rings. The van der Waals surface area contributed by atoms with Gasteiger partial charge in [0.2, 0.25) is 0 Å². The molecule has 2 aromatic carbocycles. The summed E-state index contributed by atoms with van der Waals surface area (Å²) in [6.45, 7) is 9.28. The third-order valence-corrected chi connectivity index (χ3v) is 5.10. The second-order valence-electron chi connectivity index (χ2n) is 7.62. The Hall–Kier alpha value is -1.37. The van der Waals surface area contributed by atoms with Gasteiger partial charge in [-0.15, -0.1) is 0 Å². The molecule has 28 heavy (non-hydrogen) atoms. The molecular weight excluding hydrogens is 486 g/mol. The first-order chi connectivity index (χ1) is 13.1. The number of aromatic nitrogens is 1. The molecule has 152 valence electrons. The minimum Gasteiger partial charge on any atom is -0.480 e. The summed E-state index contributed by atoms with van der Waals surface area (Å²) in [4.78, 5) is 11.1. The molecule has 1 N–H and O–H groups in total. The Morgan fingerprint density at radius 2 is 1.54 bits per heavy atom. The van der Waals surface area contributed by atoms with Crippen LogP contribution in [0.5, 0.6) is 0 Å². The number of carboxylic acid groups (broad SMARTS) is 1. The highest BCUT2D eigenvalue weighted by molar-refractivity contribution is 9.10. The van der Waals surface area contributed by atoms with Crippen molar-refractivity contribution in [3.05, 3.63) is 45.3 Å². The van der Waals surface area contributed by atoms with Gasteiger partial charge in [0.25, 0.3) is 0 Å². The van der Waals surface area contributed by atoms with E-state index in [1.165, 1.54) is 12.8 Å². The van der Waals surface area contributed by atoms with Gasteiger partial charge < -0.3 is 14.4 Å². The number of benzene rings is 2. The minimum atomic E-state index is -0.848. The molecule has 1 heterocycles. The van der Waals surface area contributed by atoms with E-state index in [4.69, 9.17) is 9.84 Å². The van der Waals surface area contributed by atoms with E-state index in [0.717, 1.165) is 37.4 Å². The number of fused-ring (bicyclic) bond motifs is 3. The number of carbonyl (C=O) groups is 1. The van der Waals surface area contributed by atoms with Crippen molar-refractivity contribution in [2.45, 2.75) is 52.7 Å². The normalized spacial score (nSPS) is 11.5. The maximum atomic E-state index is 11.1. The average Bonchev–Trinajstić information content (AvgIpc) is 2.87. The quantitative estimate of drug-likeness (QED) is 0.374. The number of carboxylic acids is 1. The third-order valence-electron chi connectivity index (χ3n) is 4.12. The van der Waals surface area contributed by atoms with Gasteiger partial charge in [-0.2, -0.15) is 0 Å². The summed E-state index contributed by atoms with van der Waals surface area (Å²) in [6, 6.07) is 11.9. The lowest BCUT2D eigenvalue weighted by Crippen LogP contribution is -2.19. The molecule has 0 saturated carbocycles. The highest BCUT2D eigenvalue weighted by atomic mass is 79.9. The number of halogens is 2. The summed E-state index contributed by atoms with van der Waals surface area (Å²) < 4.78 is 9.17. The standard InChI is InChI=1S/C14H9Br2NO2.C8H18O/c15-8-1-3-10-11-4-2-9(16)6-13(11)17(7-14(18)19)12(10)5-8;1-5-6-7-9-8(2,3)4/h1-6H,7H2,(H,18,19);5-7H2,1-4H3. The van der Waals surface area contributed by atoms with E-state index < -0.39 is 5.97 Å². The molecule has 0 unspecified atom stereocenters. The van der Waals surface area contributed by atoms with Crippen LogP contribution < -0.4 is 0 Å². The first-order valence-corrected chi connectivity index (χ1v) is 10.9. The fourth-order valence-electron chi connectivity index (χ4n) is 2.87. The van der Waals surface area contributed by atoms with Gasteiger partial charge in [-0.1, -0.05) is 57.3 Å². The van der Waals surface area contributed by atoms with Crippen LogP contribution in [0.15, 0.2) is 45.3 Å². The molecule has 0 spiro atoms. The van der Waals surface area contributed by atoms with Crippen LogP contribution in [0.2, 0.25) is 0 Å². The third kappa shape index (κ3) is 6.33. The second-order valence-corrected chi connectivity index (χ2v) is 9.45. The fourth-order valence-corrected chi connectivity index (χ4v) is 3.57. The molecular formula is C22H27Br2NO3. The van der Waals surface area contributed by atoms with E-state index in [1.807, 2.05) is 41.0 Å². The van der Waals surface area contributed by atoms with Gasteiger partial charge in [0.15, 0.2) is 0 Å². The molecule has 6 heteroatoms. The maximum absolute atomic E-state index is 11.1. The van der Waals surface area contributed by atoms with Crippen molar-refractivity contribution in [3.8, 4) is 0 Å². The lowest BCUT2D eigenvalue weighted by atomic mass is 10.2. The van der Waals surface area contributed by atoms with E-state index in [-0.39, 0.29) is 12.1 Å². The highest BCUT2D eigenvalue weighted by Gasteiger charge is 2.13. The second kappa shape index (κ2) is 9.90. The summed E-state index contributed by atoms with van der Waals surface area (Å²) >= 11 is 6.87. The summed E-state index contributed by atoms with van der Waals surface area (Å²) in [7, 11) is 0. The largest absolute Gasteiger partial charge is 0.480 e. The number of hydrogen-bond donors (Lipinski definition) is 1. The zero-order valence-electron chi connectivity index (χ0n) is 16.8. The Balaban J connectivity index is 0.000000266. The summed E-state index contributed by atoms with van der Waals surface area (Å²) in [5.41, 5.74) is 1.89. The molecule has 4 nitrogen and oxygen atoms in total. The zero-order chi connectivity index (χ0) is 20.9. The molecule has 3 rings (SSSR count). The van der Waals surface area contributed by atoms with Crippen LogP contribution in [-0.2, 0) is 16.1 Å². The van der Waals surface area contributed by atoms with Gasteiger partial charge >= 0.3 is 5.97 Å². The number of nitrogens with zero attached hydrogens (tertiary/aromatic N) is 1. The molecule has 0 amide bonds. The summed E-state index contributed by atoms with van der Waals surface area (Å²) in [5.74, 6) is -0.848. The number of unbranched alkanes of at least 4 members (excludes halogenated alkanes) is 1. The predicted octanol–water partition coefficient (Wildman–Crippen LogP) is 7.01. The van der Waals surface area contributed by atoms with Crippen molar-refractivity contribution < 1.29 is 14.6 Å². The van der Waals surface area contributed by atoms with Gasteiger partial charge in [0, 0.05) is 26.3 Å². The number of hydrogen-bond acceptors (Lipinski definition) is 2. The molecule has 0 saturated heterocycles. The van der Waals surface area contributed by atoms with Crippen LogP contribution in [0.4, 0.5) is 0 Å². The lowest BCUT2D eigenvalue weighted by molar-refractivity contribution is -0.137. The van der Waals surface area contributed by atoms with Gasteiger partial charge in [-0.05, 0) is 51.5 Å². The van der Waals surface area contributed by atoms with Crippen LogP contribution >= 0.6 is 31.9 Å². The van der Waals surface area contributed by atoms with E-state index >= 15 is 0 Å². The molecule has 0 atom stereocenters. The topological polar surface area (TPSA) is 51.5 Å². The zero-order valence-corrected chi connectivity index (χ0v) is 19.9. The Labute approximate surface area is 183 Å². The van der Waals surface area contributed by atoms with Crippen LogP contribution in [0.25, 0.3) is 21.8 Å². The molecule has 0 aliphatic carbocycles.